The molecule has 1 rings (SSSR count). The van der Waals surface area contributed by atoms with Gasteiger partial charge in [0.2, 0.25) is 0 Å². The zero-order valence-corrected chi connectivity index (χ0v) is 11.8. The number of halogens is 1. The first kappa shape index (κ1) is 15.1. The Morgan fingerprint density at radius 1 is 1.58 bits per heavy atom. The van der Waals surface area contributed by atoms with E-state index in [1.807, 2.05) is 6.07 Å². The lowest BCUT2D eigenvalue weighted by Gasteiger charge is -2.07. The van der Waals surface area contributed by atoms with E-state index in [9.17, 15) is 14.9 Å². The molecule has 0 aliphatic carbocycles. The van der Waals surface area contributed by atoms with Gasteiger partial charge in [-0.15, -0.1) is 0 Å². The number of ether oxygens (including phenoxy) is 1. The molecule has 0 amide bonds. The summed E-state index contributed by atoms with van der Waals surface area (Å²) in [7, 11) is 0. The number of nitro benzene ring substituents is 1. The predicted octanol–water partition coefficient (Wildman–Crippen LogP) is 2.47. The SMILES string of the molecule is CCOC(=O)Cc1ccc(C#N)c(CBr)c1[N+](=O)[O-]. The quantitative estimate of drug-likeness (QED) is 0.358. The lowest BCUT2D eigenvalue weighted by Crippen LogP contribution is -2.10. The van der Waals surface area contributed by atoms with Gasteiger partial charge in [-0.3, -0.25) is 14.9 Å². The molecule has 6 nitrogen and oxygen atoms in total. The third kappa shape index (κ3) is 3.51. The summed E-state index contributed by atoms with van der Waals surface area (Å²) in [4.78, 5) is 22.0. The van der Waals surface area contributed by atoms with Crippen molar-refractivity contribution in [1.82, 2.24) is 0 Å². The minimum absolute atomic E-state index is 0.170. The number of benzene rings is 1. The molecule has 1 aromatic carbocycles. The van der Waals surface area contributed by atoms with Gasteiger partial charge in [0.25, 0.3) is 5.69 Å². The fourth-order valence-corrected chi connectivity index (χ4v) is 2.23. The number of alkyl halides is 1. The van der Waals surface area contributed by atoms with Gasteiger partial charge < -0.3 is 4.74 Å². The molecule has 0 heterocycles. The van der Waals surface area contributed by atoms with Crippen molar-refractivity contribution in [3.8, 4) is 6.07 Å². The van der Waals surface area contributed by atoms with Crippen LogP contribution in [0.1, 0.15) is 23.6 Å². The third-order valence-corrected chi connectivity index (χ3v) is 3.00. The van der Waals surface area contributed by atoms with Crippen LogP contribution in [0.25, 0.3) is 0 Å². The second kappa shape index (κ2) is 6.85. The summed E-state index contributed by atoms with van der Waals surface area (Å²) in [5.41, 5.74) is 0.534. The van der Waals surface area contributed by atoms with Gasteiger partial charge in [-0.2, -0.15) is 5.26 Å². The van der Waals surface area contributed by atoms with Crippen LogP contribution in [-0.2, 0) is 21.3 Å². The molecule has 19 heavy (non-hydrogen) atoms. The number of esters is 1. The molecule has 0 aromatic heterocycles. The first-order valence-corrected chi connectivity index (χ1v) is 6.58. The van der Waals surface area contributed by atoms with Gasteiger partial charge in [-0.1, -0.05) is 22.0 Å². The van der Waals surface area contributed by atoms with Crippen LogP contribution in [0.2, 0.25) is 0 Å². The van der Waals surface area contributed by atoms with Crippen molar-refractivity contribution >= 4 is 27.6 Å². The summed E-state index contributed by atoms with van der Waals surface area (Å²) in [5.74, 6) is -0.532. The van der Waals surface area contributed by atoms with Gasteiger partial charge in [-0.05, 0) is 13.0 Å². The van der Waals surface area contributed by atoms with E-state index in [0.717, 1.165) is 0 Å². The smallest absolute Gasteiger partial charge is 0.310 e. The van der Waals surface area contributed by atoms with Crippen LogP contribution in [-0.4, -0.2) is 17.5 Å². The molecule has 0 N–H and O–H groups in total. The van der Waals surface area contributed by atoms with Gasteiger partial charge in [0, 0.05) is 10.9 Å². The molecule has 0 fully saturated rings. The van der Waals surface area contributed by atoms with Crippen LogP contribution >= 0.6 is 15.9 Å². The van der Waals surface area contributed by atoms with Gasteiger partial charge >= 0.3 is 5.97 Å². The minimum Gasteiger partial charge on any atom is -0.466 e. The third-order valence-electron chi connectivity index (χ3n) is 2.44. The Bertz CT molecular complexity index is 551. The lowest BCUT2D eigenvalue weighted by molar-refractivity contribution is -0.386. The fraction of sp³-hybridized carbons (Fsp3) is 0.333. The molecular weight excluding hydrogens is 316 g/mol. The minimum atomic E-state index is -0.577. The van der Waals surface area contributed by atoms with Gasteiger partial charge in [0.15, 0.2) is 0 Å². The second-order valence-corrected chi connectivity index (χ2v) is 4.14. The second-order valence-electron chi connectivity index (χ2n) is 3.58. The molecule has 0 aliphatic rings. The molecule has 0 bridgehead atoms. The van der Waals surface area contributed by atoms with Gasteiger partial charge in [0.05, 0.1) is 35.1 Å². The predicted molar refractivity (Wildman–Crippen MR) is 70.8 cm³/mol. The topological polar surface area (TPSA) is 93.2 Å². The highest BCUT2D eigenvalue weighted by Gasteiger charge is 2.24. The molecule has 0 unspecified atom stereocenters. The van der Waals surface area contributed by atoms with Gasteiger partial charge in [-0.25, -0.2) is 0 Å². The van der Waals surface area contributed by atoms with Crippen molar-refractivity contribution in [2.45, 2.75) is 18.7 Å². The van der Waals surface area contributed by atoms with Crippen molar-refractivity contribution in [1.29, 1.82) is 5.26 Å². The maximum atomic E-state index is 11.4. The maximum absolute atomic E-state index is 11.4. The van der Waals surface area contributed by atoms with E-state index in [1.165, 1.54) is 12.1 Å². The molecule has 0 radical (unpaired) electrons. The maximum Gasteiger partial charge on any atom is 0.310 e. The van der Waals surface area contributed by atoms with E-state index >= 15 is 0 Å². The lowest BCUT2D eigenvalue weighted by atomic mass is 10.0. The van der Waals surface area contributed by atoms with Crippen LogP contribution in [0.4, 0.5) is 5.69 Å². The largest absolute Gasteiger partial charge is 0.466 e. The van der Waals surface area contributed by atoms with Crippen molar-refractivity contribution in [3.05, 3.63) is 38.9 Å². The molecule has 0 spiro atoms. The van der Waals surface area contributed by atoms with Gasteiger partial charge in [0.1, 0.15) is 0 Å². The molecular formula is C12H11BrN2O4. The highest BCUT2D eigenvalue weighted by Crippen LogP contribution is 2.29. The summed E-state index contributed by atoms with van der Waals surface area (Å²) in [6, 6.07) is 4.78. The average molecular weight is 327 g/mol. The zero-order valence-electron chi connectivity index (χ0n) is 10.2. The van der Waals surface area contributed by atoms with Crippen LogP contribution in [0.15, 0.2) is 12.1 Å². The molecule has 0 atom stereocenters. The van der Waals surface area contributed by atoms with Crippen molar-refractivity contribution in [2.24, 2.45) is 0 Å². The number of nitrogens with zero attached hydrogens (tertiary/aromatic N) is 2. The Kier molecular flexibility index (Phi) is 5.45. The standard InChI is InChI=1S/C12H11BrN2O4/c1-2-19-11(16)5-8-3-4-9(7-14)10(6-13)12(8)15(17)18/h3-4H,2,5-6H2,1H3. The van der Waals surface area contributed by atoms with Crippen molar-refractivity contribution < 1.29 is 14.5 Å². The molecule has 1 aromatic rings. The van der Waals surface area contributed by atoms with Crippen LogP contribution in [0.3, 0.4) is 0 Å². The van der Waals surface area contributed by atoms with E-state index < -0.39 is 10.9 Å². The van der Waals surface area contributed by atoms with Crippen LogP contribution in [0, 0.1) is 21.4 Å². The number of hydrogen-bond donors (Lipinski definition) is 0. The number of hydrogen-bond acceptors (Lipinski definition) is 5. The van der Waals surface area contributed by atoms with E-state index in [0.29, 0.717) is 0 Å². The monoisotopic (exact) mass is 326 g/mol. The first-order valence-electron chi connectivity index (χ1n) is 5.45. The summed E-state index contributed by atoms with van der Waals surface area (Å²) in [5, 5.41) is 20.2. The first-order chi connectivity index (χ1) is 9.04. The summed E-state index contributed by atoms with van der Waals surface area (Å²) in [6.45, 7) is 1.88. The molecule has 0 saturated carbocycles. The number of nitro groups is 1. The van der Waals surface area contributed by atoms with E-state index in [2.05, 4.69) is 15.9 Å². The van der Waals surface area contributed by atoms with Crippen LogP contribution < -0.4 is 0 Å². The molecule has 100 valence electrons. The average Bonchev–Trinajstić information content (AvgIpc) is 2.37. The Balaban J connectivity index is 3.29. The normalized spacial score (nSPS) is 9.74. The Labute approximate surface area is 118 Å². The highest BCUT2D eigenvalue weighted by molar-refractivity contribution is 9.08. The molecule has 0 aliphatic heterocycles. The Morgan fingerprint density at radius 3 is 2.74 bits per heavy atom. The number of rotatable bonds is 5. The summed E-state index contributed by atoms with van der Waals surface area (Å²) >= 11 is 3.13. The van der Waals surface area contributed by atoms with E-state index in [4.69, 9.17) is 10.00 Å². The zero-order chi connectivity index (χ0) is 14.4. The van der Waals surface area contributed by atoms with Crippen molar-refractivity contribution in [3.63, 3.8) is 0 Å². The van der Waals surface area contributed by atoms with E-state index in [-0.39, 0.29) is 40.7 Å². The number of carbonyl (C=O) groups is 1. The highest BCUT2D eigenvalue weighted by atomic mass is 79.9. The van der Waals surface area contributed by atoms with Crippen molar-refractivity contribution in [2.75, 3.05) is 6.61 Å². The van der Waals surface area contributed by atoms with Crippen LogP contribution in [0.5, 0.6) is 0 Å². The van der Waals surface area contributed by atoms with E-state index in [1.54, 1.807) is 6.92 Å². The molecule has 0 saturated heterocycles. The summed E-state index contributed by atoms with van der Waals surface area (Å²) < 4.78 is 4.77. The Hall–Kier alpha value is -1.94. The fourth-order valence-electron chi connectivity index (χ4n) is 1.66. The summed E-state index contributed by atoms with van der Waals surface area (Å²) in [6.07, 6.45) is -0.185. The molecule has 7 heteroatoms. The number of carbonyl (C=O) groups excluding carboxylic acids is 1. The Morgan fingerprint density at radius 2 is 2.26 bits per heavy atom. The number of nitriles is 1.